The van der Waals surface area contributed by atoms with Gasteiger partial charge in [0.2, 0.25) is 0 Å². The summed E-state index contributed by atoms with van der Waals surface area (Å²) in [5, 5.41) is 0.999. The number of benzene rings is 2. The number of aromatic nitrogens is 2. The second kappa shape index (κ2) is 5.81. The van der Waals surface area contributed by atoms with Crippen molar-refractivity contribution in [3.63, 3.8) is 0 Å². The Morgan fingerprint density at radius 1 is 0.955 bits per heavy atom. The van der Waals surface area contributed by atoms with Crippen LogP contribution in [0.15, 0.2) is 29.4 Å². The van der Waals surface area contributed by atoms with Crippen molar-refractivity contribution in [1.29, 1.82) is 0 Å². The minimum atomic E-state index is 0.957. The lowest BCUT2D eigenvalue weighted by Gasteiger charge is -2.14. The average Bonchev–Trinajstić information content (AvgIpc) is 2.87. The molecular weight excluding hydrogens is 288 g/mol. The molecule has 1 aromatic heterocycles. The Morgan fingerprint density at radius 3 is 2.32 bits per heavy atom. The summed E-state index contributed by atoms with van der Waals surface area (Å²) >= 11 is 1.78. The fourth-order valence-corrected chi connectivity index (χ4v) is 3.88. The summed E-state index contributed by atoms with van der Waals surface area (Å²) in [6.07, 6.45) is 0. The number of nitrogens with one attached hydrogen (secondary N) is 1. The van der Waals surface area contributed by atoms with Gasteiger partial charge in [0.05, 0.1) is 11.0 Å². The van der Waals surface area contributed by atoms with Crippen molar-refractivity contribution < 1.29 is 0 Å². The van der Waals surface area contributed by atoms with Gasteiger partial charge in [-0.3, -0.25) is 0 Å². The maximum Gasteiger partial charge on any atom is 0.166 e. The molecule has 3 aromatic rings. The number of hydrogen-bond donors (Lipinski definition) is 1. The topological polar surface area (TPSA) is 28.7 Å². The molecule has 0 amide bonds. The van der Waals surface area contributed by atoms with E-state index in [1.807, 2.05) is 0 Å². The largest absolute Gasteiger partial charge is 0.333 e. The Labute approximate surface area is 136 Å². The monoisotopic (exact) mass is 310 g/mol. The van der Waals surface area contributed by atoms with E-state index in [4.69, 9.17) is 0 Å². The number of imidazole rings is 1. The number of H-pyrrole nitrogens is 1. The van der Waals surface area contributed by atoms with Crippen molar-refractivity contribution in [2.24, 2.45) is 0 Å². The average molecular weight is 310 g/mol. The van der Waals surface area contributed by atoms with Gasteiger partial charge in [-0.05, 0) is 80.1 Å². The number of rotatable bonds is 3. The summed E-state index contributed by atoms with van der Waals surface area (Å²) in [6, 6.07) is 8.62. The van der Waals surface area contributed by atoms with Crippen molar-refractivity contribution in [1.82, 2.24) is 9.97 Å². The van der Waals surface area contributed by atoms with Crippen LogP contribution in [0.3, 0.4) is 0 Å². The first kappa shape index (κ1) is 15.2. The van der Waals surface area contributed by atoms with Gasteiger partial charge in [0.15, 0.2) is 5.16 Å². The fraction of sp³-hybridized carbons (Fsp3) is 0.316. The molecular formula is C19H22N2S. The molecule has 114 valence electrons. The molecule has 0 aliphatic rings. The molecule has 2 aromatic carbocycles. The molecule has 0 atom stereocenters. The molecule has 22 heavy (non-hydrogen) atoms. The SMILES string of the molecule is Cc1ccc2nc(SCc3c(C)c(C)cc(C)c3C)[nH]c2c1. The van der Waals surface area contributed by atoms with Gasteiger partial charge < -0.3 is 4.98 Å². The van der Waals surface area contributed by atoms with E-state index in [1.54, 1.807) is 11.8 Å². The van der Waals surface area contributed by atoms with Gasteiger partial charge >= 0.3 is 0 Å². The Hall–Kier alpha value is -1.74. The number of aromatic amines is 1. The van der Waals surface area contributed by atoms with Crippen molar-refractivity contribution in [3.8, 4) is 0 Å². The lowest BCUT2D eigenvalue weighted by atomic mass is 9.95. The third kappa shape index (κ3) is 2.78. The first-order valence-corrected chi connectivity index (χ1v) is 8.59. The zero-order valence-corrected chi connectivity index (χ0v) is 14.7. The van der Waals surface area contributed by atoms with E-state index < -0.39 is 0 Å². The maximum absolute atomic E-state index is 4.68. The highest BCUT2D eigenvalue weighted by Gasteiger charge is 2.10. The highest BCUT2D eigenvalue weighted by molar-refractivity contribution is 7.98. The van der Waals surface area contributed by atoms with Gasteiger partial charge in [-0.15, -0.1) is 0 Å². The molecule has 1 N–H and O–H groups in total. The summed E-state index contributed by atoms with van der Waals surface area (Å²) in [7, 11) is 0. The van der Waals surface area contributed by atoms with E-state index in [1.165, 1.54) is 33.4 Å². The van der Waals surface area contributed by atoms with Crippen molar-refractivity contribution in [2.45, 2.75) is 45.5 Å². The molecule has 0 spiro atoms. The molecule has 0 unspecified atom stereocenters. The third-order valence-corrected chi connectivity index (χ3v) is 5.39. The lowest BCUT2D eigenvalue weighted by Crippen LogP contribution is -1.98. The smallest absolute Gasteiger partial charge is 0.166 e. The minimum Gasteiger partial charge on any atom is -0.333 e. The van der Waals surface area contributed by atoms with Crippen LogP contribution in [0.2, 0.25) is 0 Å². The van der Waals surface area contributed by atoms with Gasteiger partial charge in [0.25, 0.3) is 0 Å². The van der Waals surface area contributed by atoms with Crippen LogP contribution in [0, 0.1) is 34.6 Å². The minimum absolute atomic E-state index is 0.957. The molecule has 0 saturated heterocycles. The normalized spacial score (nSPS) is 11.3. The Kier molecular flexibility index (Phi) is 4.00. The van der Waals surface area contributed by atoms with E-state index in [9.17, 15) is 0 Å². The van der Waals surface area contributed by atoms with Crippen molar-refractivity contribution in [3.05, 3.63) is 57.6 Å². The molecule has 0 bridgehead atoms. The molecule has 0 fully saturated rings. The van der Waals surface area contributed by atoms with E-state index in [2.05, 4.69) is 68.9 Å². The quantitative estimate of drug-likeness (QED) is 0.656. The van der Waals surface area contributed by atoms with Crippen molar-refractivity contribution in [2.75, 3.05) is 0 Å². The van der Waals surface area contributed by atoms with Crippen LogP contribution >= 0.6 is 11.8 Å². The Bertz CT molecular complexity index is 820. The van der Waals surface area contributed by atoms with Gasteiger partial charge in [-0.25, -0.2) is 4.98 Å². The highest BCUT2D eigenvalue weighted by Crippen LogP contribution is 2.29. The molecule has 2 nitrogen and oxygen atoms in total. The molecule has 0 aliphatic heterocycles. The molecule has 3 heteroatoms. The van der Waals surface area contributed by atoms with Gasteiger partial charge in [0, 0.05) is 5.75 Å². The summed E-state index contributed by atoms with van der Waals surface area (Å²) in [5.41, 5.74) is 10.4. The number of nitrogens with zero attached hydrogens (tertiary/aromatic N) is 1. The van der Waals surface area contributed by atoms with Gasteiger partial charge in [-0.1, -0.05) is 23.9 Å². The maximum atomic E-state index is 4.68. The predicted molar refractivity (Wildman–Crippen MR) is 95.8 cm³/mol. The van der Waals surface area contributed by atoms with Crippen LogP contribution < -0.4 is 0 Å². The van der Waals surface area contributed by atoms with E-state index >= 15 is 0 Å². The second-order valence-corrected chi connectivity index (χ2v) is 7.05. The predicted octanol–water partition coefficient (Wildman–Crippen LogP) is 5.40. The van der Waals surface area contributed by atoms with Gasteiger partial charge in [0.1, 0.15) is 0 Å². The number of fused-ring (bicyclic) bond motifs is 1. The first-order valence-electron chi connectivity index (χ1n) is 7.61. The lowest BCUT2D eigenvalue weighted by molar-refractivity contribution is 1.07. The van der Waals surface area contributed by atoms with Crippen LogP contribution in [0.25, 0.3) is 11.0 Å². The zero-order valence-electron chi connectivity index (χ0n) is 13.9. The number of aryl methyl sites for hydroxylation is 3. The second-order valence-electron chi connectivity index (χ2n) is 6.09. The van der Waals surface area contributed by atoms with Gasteiger partial charge in [-0.2, -0.15) is 0 Å². The van der Waals surface area contributed by atoms with Crippen LogP contribution in [-0.4, -0.2) is 9.97 Å². The van der Waals surface area contributed by atoms with E-state index in [-0.39, 0.29) is 0 Å². The first-order chi connectivity index (χ1) is 10.5. The summed E-state index contributed by atoms with van der Waals surface area (Å²) in [4.78, 5) is 8.11. The summed E-state index contributed by atoms with van der Waals surface area (Å²) in [6.45, 7) is 10.9. The zero-order chi connectivity index (χ0) is 15.9. The van der Waals surface area contributed by atoms with Crippen LogP contribution in [0.1, 0.15) is 33.4 Å². The summed E-state index contributed by atoms with van der Waals surface area (Å²) in [5.74, 6) is 0.957. The van der Waals surface area contributed by atoms with Crippen molar-refractivity contribution >= 4 is 22.8 Å². The van der Waals surface area contributed by atoms with E-state index in [0.717, 1.165) is 21.9 Å². The third-order valence-electron chi connectivity index (χ3n) is 4.49. The summed E-state index contributed by atoms with van der Waals surface area (Å²) < 4.78 is 0. The Balaban J connectivity index is 1.88. The number of thioether (sulfide) groups is 1. The molecule has 1 heterocycles. The molecule has 3 rings (SSSR count). The standard InChI is InChI=1S/C19H22N2S/c1-11-6-7-17-18(8-11)21-19(20-17)22-10-16-14(4)12(2)9-13(3)15(16)5/h6-9H,10H2,1-5H3,(H,20,21). The Morgan fingerprint density at radius 2 is 1.64 bits per heavy atom. The fourth-order valence-electron chi connectivity index (χ4n) is 2.82. The number of hydrogen-bond acceptors (Lipinski definition) is 2. The molecule has 0 aliphatic carbocycles. The van der Waals surface area contributed by atoms with Crippen LogP contribution in [0.4, 0.5) is 0 Å². The van der Waals surface area contributed by atoms with E-state index in [0.29, 0.717) is 0 Å². The van der Waals surface area contributed by atoms with Crippen LogP contribution in [0.5, 0.6) is 0 Å². The highest BCUT2D eigenvalue weighted by atomic mass is 32.2. The molecule has 0 radical (unpaired) electrons. The molecule has 0 saturated carbocycles. The van der Waals surface area contributed by atoms with Crippen LogP contribution in [-0.2, 0) is 5.75 Å².